The van der Waals surface area contributed by atoms with E-state index in [0.717, 1.165) is 16.8 Å². The average Bonchev–Trinajstić information content (AvgIpc) is 2.80. The van der Waals surface area contributed by atoms with Crippen molar-refractivity contribution >= 4 is 11.6 Å². The number of aryl methyl sites for hydroxylation is 1. The Labute approximate surface area is 110 Å². The molecule has 5 heteroatoms. The van der Waals surface area contributed by atoms with E-state index in [1.165, 1.54) is 0 Å². The topological polar surface area (TPSA) is 61.7 Å². The molecule has 0 unspecified atom stereocenters. The van der Waals surface area contributed by atoms with Crippen LogP contribution in [0.3, 0.4) is 0 Å². The summed E-state index contributed by atoms with van der Waals surface area (Å²) in [7, 11) is 1.58. The smallest absolute Gasteiger partial charge is 0.137 e. The number of halogens is 1. The van der Waals surface area contributed by atoms with E-state index in [1.807, 2.05) is 19.1 Å². The summed E-state index contributed by atoms with van der Waals surface area (Å²) in [6.07, 6.45) is 1.97. The van der Waals surface area contributed by atoms with Crippen LogP contribution in [0, 0.1) is 18.3 Å². The molecule has 1 heterocycles. The van der Waals surface area contributed by atoms with Gasteiger partial charge in [-0.2, -0.15) is 5.26 Å². The van der Waals surface area contributed by atoms with Crippen molar-refractivity contribution in [3.8, 4) is 23.1 Å². The number of rotatable bonds is 3. The van der Waals surface area contributed by atoms with Gasteiger partial charge in [0.05, 0.1) is 36.5 Å². The lowest BCUT2D eigenvalue weighted by Gasteiger charge is -2.08. The van der Waals surface area contributed by atoms with Gasteiger partial charge in [0.15, 0.2) is 0 Å². The van der Waals surface area contributed by atoms with Crippen LogP contribution in [-0.2, 0) is 6.42 Å². The van der Waals surface area contributed by atoms with E-state index in [9.17, 15) is 0 Å². The number of nitriles is 1. The summed E-state index contributed by atoms with van der Waals surface area (Å²) in [6, 6.07) is 5.76. The molecular formula is C13H12ClN3O. The molecule has 2 rings (SSSR count). The van der Waals surface area contributed by atoms with E-state index in [0.29, 0.717) is 16.6 Å². The van der Waals surface area contributed by atoms with Gasteiger partial charge in [0.2, 0.25) is 0 Å². The second-order valence-electron chi connectivity index (χ2n) is 3.88. The Morgan fingerprint density at radius 2 is 2.28 bits per heavy atom. The number of nitrogens with zero attached hydrogens (tertiary/aromatic N) is 2. The molecular weight excluding hydrogens is 250 g/mol. The molecule has 0 radical (unpaired) electrons. The van der Waals surface area contributed by atoms with Gasteiger partial charge in [-0.3, -0.25) is 0 Å². The normalized spacial score (nSPS) is 10.1. The van der Waals surface area contributed by atoms with E-state index in [-0.39, 0.29) is 6.42 Å². The fraction of sp³-hybridized carbons (Fsp3) is 0.231. The maximum atomic E-state index is 8.62. The molecule has 18 heavy (non-hydrogen) atoms. The van der Waals surface area contributed by atoms with E-state index < -0.39 is 0 Å². The van der Waals surface area contributed by atoms with Crippen LogP contribution in [0.25, 0.3) is 11.3 Å². The van der Waals surface area contributed by atoms with Crippen LogP contribution >= 0.6 is 11.6 Å². The van der Waals surface area contributed by atoms with Crippen molar-refractivity contribution in [3.05, 3.63) is 34.7 Å². The van der Waals surface area contributed by atoms with E-state index in [1.54, 1.807) is 13.3 Å². The van der Waals surface area contributed by atoms with Gasteiger partial charge in [-0.05, 0) is 24.6 Å². The first-order chi connectivity index (χ1) is 8.65. The fourth-order valence-corrected chi connectivity index (χ4v) is 2.01. The summed E-state index contributed by atoms with van der Waals surface area (Å²) in [4.78, 5) is 7.25. The Kier molecular flexibility index (Phi) is 3.54. The number of imidazole rings is 1. The van der Waals surface area contributed by atoms with Crippen LogP contribution in [0.15, 0.2) is 18.3 Å². The predicted molar refractivity (Wildman–Crippen MR) is 69.6 cm³/mol. The number of hydrogen-bond acceptors (Lipinski definition) is 3. The third-order valence-electron chi connectivity index (χ3n) is 2.66. The van der Waals surface area contributed by atoms with Crippen molar-refractivity contribution in [1.82, 2.24) is 9.97 Å². The Bertz CT molecular complexity index is 613. The number of methoxy groups -OCH3 is 1. The molecule has 0 atom stereocenters. The van der Waals surface area contributed by atoms with Gasteiger partial charge in [0.1, 0.15) is 11.6 Å². The molecule has 0 saturated carbocycles. The molecule has 1 aromatic carbocycles. The van der Waals surface area contributed by atoms with Gasteiger partial charge >= 0.3 is 0 Å². The molecule has 4 nitrogen and oxygen atoms in total. The minimum Gasteiger partial charge on any atom is -0.495 e. The third-order valence-corrected chi connectivity index (χ3v) is 2.96. The molecule has 0 fully saturated rings. The number of benzene rings is 1. The highest BCUT2D eigenvalue weighted by Crippen LogP contribution is 2.32. The summed E-state index contributed by atoms with van der Waals surface area (Å²) >= 11 is 6.11. The van der Waals surface area contributed by atoms with Crippen LogP contribution in [-0.4, -0.2) is 17.1 Å². The second kappa shape index (κ2) is 5.11. The van der Waals surface area contributed by atoms with E-state index in [4.69, 9.17) is 21.6 Å². The maximum absolute atomic E-state index is 8.62. The van der Waals surface area contributed by atoms with Gasteiger partial charge in [0.25, 0.3) is 0 Å². The Hall–Kier alpha value is -1.99. The lowest BCUT2D eigenvalue weighted by atomic mass is 10.1. The zero-order chi connectivity index (χ0) is 13.1. The lowest BCUT2D eigenvalue weighted by Crippen LogP contribution is -1.90. The van der Waals surface area contributed by atoms with Gasteiger partial charge in [-0.25, -0.2) is 4.98 Å². The fourth-order valence-electron chi connectivity index (χ4n) is 1.77. The average molecular weight is 262 g/mol. The molecule has 1 N–H and O–H groups in total. The van der Waals surface area contributed by atoms with Crippen LogP contribution in [0.1, 0.15) is 11.4 Å². The van der Waals surface area contributed by atoms with Crippen LogP contribution in [0.5, 0.6) is 5.75 Å². The third kappa shape index (κ3) is 2.31. The molecule has 2 aromatic rings. The van der Waals surface area contributed by atoms with Gasteiger partial charge in [-0.1, -0.05) is 11.6 Å². The van der Waals surface area contributed by atoms with Gasteiger partial charge in [0, 0.05) is 5.56 Å². The molecule has 0 bridgehead atoms. The number of hydrogen-bond donors (Lipinski definition) is 1. The van der Waals surface area contributed by atoms with Crippen molar-refractivity contribution in [2.75, 3.05) is 7.11 Å². The molecule has 0 amide bonds. The zero-order valence-electron chi connectivity index (χ0n) is 10.1. The van der Waals surface area contributed by atoms with Gasteiger partial charge in [-0.15, -0.1) is 0 Å². The van der Waals surface area contributed by atoms with Crippen molar-refractivity contribution in [3.63, 3.8) is 0 Å². The van der Waals surface area contributed by atoms with Crippen molar-refractivity contribution in [1.29, 1.82) is 5.26 Å². The zero-order valence-corrected chi connectivity index (χ0v) is 10.9. The molecule has 0 saturated heterocycles. The summed E-state index contributed by atoms with van der Waals surface area (Å²) in [5.41, 5.74) is 2.84. The lowest BCUT2D eigenvalue weighted by molar-refractivity contribution is 0.415. The maximum Gasteiger partial charge on any atom is 0.137 e. The highest BCUT2D eigenvalue weighted by molar-refractivity contribution is 6.32. The minimum atomic E-state index is 0.267. The summed E-state index contributed by atoms with van der Waals surface area (Å²) in [5.74, 6) is 1.30. The first-order valence-electron chi connectivity index (χ1n) is 5.41. The van der Waals surface area contributed by atoms with Crippen molar-refractivity contribution in [2.45, 2.75) is 13.3 Å². The molecule has 0 aliphatic heterocycles. The first kappa shape index (κ1) is 12.5. The number of H-pyrrole nitrogens is 1. The Morgan fingerprint density at radius 1 is 1.50 bits per heavy atom. The summed E-state index contributed by atoms with van der Waals surface area (Å²) in [6.45, 7) is 1.97. The van der Waals surface area contributed by atoms with Crippen molar-refractivity contribution < 1.29 is 4.74 Å². The predicted octanol–water partition coefficient (Wildman–Crippen LogP) is 3.11. The SMILES string of the molecule is COc1cc(C)c(-c2cnc(CC#N)[nH]2)cc1Cl. The molecule has 1 aromatic heterocycles. The Morgan fingerprint density at radius 3 is 2.94 bits per heavy atom. The number of ether oxygens (including phenoxy) is 1. The van der Waals surface area contributed by atoms with E-state index >= 15 is 0 Å². The molecule has 0 aliphatic rings. The van der Waals surface area contributed by atoms with Crippen molar-refractivity contribution in [2.24, 2.45) is 0 Å². The summed E-state index contributed by atoms with van der Waals surface area (Å²) < 4.78 is 5.16. The highest BCUT2D eigenvalue weighted by atomic mass is 35.5. The monoisotopic (exact) mass is 261 g/mol. The van der Waals surface area contributed by atoms with Gasteiger partial charge < -0.3 is 9.72 Å². The minimum absolute atomic E-state index is 0.267. The number of aromatic amines is 1. The van der Waals surface area contributed by atoms with Crippen LogP contribution in [0.4, 0.5) is 0 Å². The quantitative estimate of drug-likeness (QED) is 0.923. The standard InChI is InChI=1S/C13H12ClN3O/c1-8-5-12(18-2)10(14)6-9(8)11-7-16-13(17-11)3-4-15/h5-7H,3H2,1-2H3,(H,16,17). The van der Waals surface area contributed by atoms with E-state index in [2.05, 4.69) is 16.0 Å². The van der Waals surface area contributed by atoms with Crippen LogP contribution < -0.4 is 4.74 Å². The Balaban J connectivity index is 2.44. The number of aromatic nitrogens is 2. The largest absolute Gasteiger partial charge is 0.495 e. The number of nitrogens with one attached hydrogen (secondary N) is 1. The van der Waals surface area contributed by atoms with Crippen LogP contribution in [0.2, 0.25) is 5.02 Å². The molecule has 0 aliphatic carbocycles. The second-order valence-corrected chi connectivity index (χ2v) is 4.29. The first-order valence-corrected chi connectivity index (χ1v) is 5.79. The molecule has 0 spiro atoms. The summed E-state index contributed by atoms with van der Waals surface area (Å²) in [5, 5.41) is 9.17. The molecule has 92 valence electrons. The highest BCUT2D eigenvalue weighted by Gasteiger charge is 2.10.